The van der Waals surface area contributed by atoms with E-state index in [0.717, 1.165) is 33.4 Å². The normalized spacial score (nSPS) is 22.6. The molecule has 1 unspecified atom stereocenters. The Morgan fingerprint density at radius 1 is 0.426 bits per heavy atom. The molecule has 2 aliphatic rings. The van der Waals surface area contributed by atoms with Crippen LogP contribution < -0.4 is 0 Å². The van der Waals surface area contributed by atoms with Crippen molar-refractivity contribution in [3.05, 3.63) is 191 Å². The summed E-state index contributed by atoms with van der Waals surface area (Å²) in [5.41, 5.74) is 6.27. The van der Waals surface area contributed by atoms with Crippen LogP contribution in [0.5, 0.6) is 0 Å². The average molecular weight is 729 g/mol. The minimum absolute atomic E-state index is 0.167. The molecule has 8 heteroatoms. The Balaban J connectivity index is 1.12. The Kier molecular flexibility index (Phi) is 14.2. The summed E-state index contributed by atoms with van der Waals surface area (Å²) in [6.45, 7) is 2.95. The van der Waals surface area contributed by atoms with Crippen molar-refractivity contribution in [3.63, 3.8) is 0 Å². The van der Waals surface area contributed by atoms with Crippen molar-refractivity contribution in [3.8, 4) is 0 Å². The predicted octanol–water partition coefficient (Wildman–Crippen LogP) is 8.20. The molecule has 0 amide bonds. The number of ether oxygens (including phenoxy) is 8. The molecule has 2 aliphatic heterocycles. The van der Waals surface area contributed by atoms with Crippen molar-refractivity contribution in [1.29, 1.82) is 0 Å². The first-order chi connectivity index (χ1) is 26.8. The molecular weight excluding hydrogens is 680 g/mol. The molecule has 0 aliphatic carbocycles. The first-order valence-corrected chi connectivity index (χ1v) is 18.6. The summed E-state index contributed by atoms with van der Waals surface area (Å²) >= 11 is 0. The summed E-state index contributed by atoms with van der Waals surface area (Å²) in [6, 6.07) is 50.4. The molecule has 54 heavy (non-hydrogen) atoms. The van der Waals surface area contributed by atoms with Crippen LogP contribution >= 0.6 is 0 Å². The minimum Gasteiger partial charge on any atom is -0.372 e. The standard InChI is InChI=1S/C46H48O8/c1-6-16-35(17-7-1)27-47-28-40-26-42(48-33-40)49-34-41-43(50-29-36-18-8-2-9-19-36)44(51-30-37-20-10-3-11-21-37)45(52-31-38-22-12-4-13-23-38)46(54-41)53-32-39-24-14-5-15-25-39/h1-26,41-46H,27-34H2/t41-,42?,43-,44+,45-,46-/m1/s1. The molecule has 0 aromatic heterocycles. The zero-order chi connectivity index (χ0) is 36.6. The maximum atomic E-state index is 6.83. The first-order valence-electron chi connectivity index (χ1n) is 18.6. The predicted molar refractivity (Wildman–Crippen MR) is 205 cm³/mol. The van der Waals surface area contributed by atoms with Gasteiger partial charge in [-0.15, -0.1) is 0 Å². The summed E-state index contributed by atoms with van der Waals surface area (Å²) in [5.74, 6) is 0. The molecule has 0 bridgehead atoms. The molecule has 1 fully saturated rings. The highest BCUT2D eigenvalue weighted by molar-refractivity contribution is 5.17. The molecule has 7 rings (SSSR count). The van der Waals surface area contributed by atoms with Gasteiger partial charge in [0, 0.05) is 0 Å². The van der Waals surface area contributed by atoms with Crippen molar-refractivity contribution >= 4 is 0 Å². The van der Waals surface area contributed by atoms with E-state index in [1.165, 1.54) is 0 Å². The monoisotopic (exact) mass is 728 g/mol. The fourth-order valence-corrected chi connectivity index (χ4v) is 6.49. The van der Waals surface area contributed by atoms with Gasteiger partial charge in [-0.05, 0) is 39.5 Å². The highest BCUT2D eigenvalue weighted by atomic mass is 16.7. The SMILES string of the molecule is C1=C(COCc2ccccc2)COC1OC[C@H]1O[C@@H](OCc2ccccc2)[C@H](OCc2ccccc2)[C@@H](OCc2ccccc2)[C@@H]1OCc1ccccc1. The van der Waals surface area contributed by atoms with Crippen molar-refractivity contribution in [2.24, 2.45) is 0 Å². The lowest BCUT2D eigenvalue weighted by molar-refractivity contribution is -0.333. The lowest BCUT2D eigenvalue weighted by Crippen LogP contribution is -2.61. The van der Waals surface area contributed by atoms with Crippen LogP contribution in [0.1, 0.15) is 27.8 Å². The van der Waals surface area contributed by atoms with Gasteiger partial charge in [0.1, 0.15) is 24.4 Å². The maximum Gasteiger partial charge on any atom is 0.187 e. The molecule has 0 saturated carbocycles. The molecule has 6 atom stereocenters. The second-order valence-electron chi connectivity index (χ2n) is 13.4. The summed E-state index contributed by atoms with van der Waals surface area (Å²) in [5, 5.41) is 0. The largest absolute Gasteiger partial charge is 0.372 e. The van der Waals surface area contributed by atoms with E-state index in [9.17, 15) is 0 Å². The molecule has 0 spiro atoms. The molecule has 2 heterocycles. The molecule has 8 nitrogen and oxygen atoms in total. The molecule has 280 valence electrons. The van der Waals surface area contributed by atoms with Crippen LogP contribution in [0.4, 0.5) is 0 Å². The number of hydrogen-bond donors (Lipinski definition) is 0. The summed E-state index contributed by atoms with van der Waals surface area (Å²) in [4.78, 5) is 0. The van der Waals surface area contributed by atoms with Gasteiger partial charge in [-0.1, -0.05) is 152 Å². The van der Waals surface area contributed by atoms with Gasteiger partial charge in [-0.25, -0.2) is 0 Å². The van der Waals surface area contributed by atoms with Gasteiger partial charge >= 0.3 is 0 Å². The third-order valence-corrected chi connectivity index (χ3v) is 9.33. The van der Waals surface area contributed by atoms with Gasteiger partial charge in [0.15, 0.2) is 12.6 Å². The zero-order valence-electron chi connectivity index (χ0n) is 30.4. The quantitative estimate of drug-likeness (QED) is 0.0789. The molecule has 5 aromatic rings. The van der Waals surface area contributed by atoms with Crippen LogP contribution in [0.3, 0.4) is 0 Å². The van der Waals surface area contributed by atoms with E-state index in [4.69, 9.17) is 37.9 Å². The Morgan fingerprint density at radius 3 is 1.35 bits per heavy atom. The molecular formula is C46H48O8. The van der Waals surface area contributed by atoms with Crippen LogP contribution in [0.15, 0.2) is 163 Å². The van der Waals surface area contributed by atoms with E-state index < -0.39 is 37.0 Å². The molecule has 5 aromatic carbocycles. The van der Waals surface area contributed by atoms with Gasteiger partial charge < -0.3 is 37.9 Å². The second kappa shape index (κ2) is 20.3. The fourth-order valence-electron chi connectivity index (χ4n) is 6.49. The third-order valence-electron chi connectivity index (χ3n) is 9.33. The Hall–Kier alpha value is -4.48. The second-order valence-corrected chi connectivity index (χ2v) is 13.4. The van der Waals surface area contributed by atoms with Crippen LogP contribution in [-0.4, -0.2) is 56.8 Å². The van der Waals surface area contributed by atoms with E-state index >= 15 is 0 Å². The van der Waals surface area contributed by atoms with Crippen LogP contribution in [0.2, 0.25) is 0 Å². The van der Waals surface area contributed by atoms with E-state index in [1.54, 1.807) is 0 Å². The Bertz CT molecular complexity index is 1810. The fraction of sp³-hybridized carbons (Fsp3) is 0.304. The molecule has 1 saturated heterocycles. The average Bonchev–Trinajstić information content (AvgIpc) is 3.69. The van der Waals surface area contributed by atoms with Crippen molar-refractivity contribution in [1.82, 2.24) is 0 Å². The number of benzene rings is 5. The van der Waals surface area contributed by atoms with Gasteiger partial charge in [0.05, 0.1) is 52.9 Å². The lowest BCUT2D eigenvalue weighted by atomic mass is 9.97. The zero-order valence-corrected chi connectivity index (χ0v) is 30.4. The number of hydrogen-bond acceptors (Lipinski definition) is 8. The minimum atomic E-state index is -0.790. The first kappa shape index (κ1) is 37.8. The van der Waals surface area contributed by atoms with E-state index in [1.807, 2.05) is 146 Å². The molecule has 0 N–H and O–H groups in total. The maximum absolute atomic E-state index is 6.83. The van der Waals surface area contributed by atoms with E-state index in [-0.39, 0.29) is 6.61 Å². The van der Waals surface area contributed by atoms with Gasteiger partial charge in [-0.3, -0.25) is 0 Å². The van der Waals surface area contributed by atoms with E-state index in [2.05, 4.69) is 12.1 Å². The van der Waals surface area contributed by atoms with Crippen molar-refractivity contribution < 1.29 is 37.9 Å². The summed E-state index contributed by atoms with van der Waals surface area (Å²) in [7, 11) is 0. The van der Waals surface area contributed by atoms with Gasteiger partial charge in [0.25, 0.3) is 0 Å². The van der Waals surface area contributed by atoms with Gasteiger partial charge in [0.2, 0.25) is 0 Å². The van der Waals surface area contributed by atoms with Crippen LogP contribution in [-0.2, 0) is 70.9 Å². The van der Waals surface area contributed by atoms with E-state index in [0.29, 0.717) is 46.2 Å². The van der Waals surface area contributed by atoms with Gasteiger partial charge in [-0.2, -0.15) is 0 Å². The highest BCUT2D eigenvalue weighted by Gasteiger charge is 2.49. The Labute approximate surface area is 318 Å². The van der Waals surface area contributed by atoms with Crippen LogP contribution in [0, 0.1) is 0 Å². The lowest BCUT2D eigenvalue weighted by Gasteiger charge is -2.46. The third kappa shape index (κ3) is 11.3. The highest BCUT2D eigenvalue weighted by Crippen LogP contribution is 2.32. The van der Waals surface area contributed by atoms with Crippen molar-refractivity contribution in [2.75, 3.05) is 19.8 Å². The smallest absolute Gasteiger partial charge is 0.187 e. The summed E-state index contributed by atoms with van der Waals surface area (Å²) in [6.07, 6.45) is -1.74. The molecule has 0 radical (unpaired) electrons. The number of rotatable bonds is 19. The van der Waals surface area contributed by atoms with Crippen molar-refractivity contribution in [2.45, 2.75) is 70.0 Å². The van der Waals surface area contributed by atoms with Crippen LogP contribution in [0.25, 0.3) is 0 Å². The Morgan fingerprint density at radius 2 is 0.852 bits per heavy atom. The topological polar surface area (TPSA) is 73.8 Å². The summed E-state index contributed by atoms with van der Waals surface area (Å²) < 4.78 is 52.1.